The zero-order valence-corrected chi connectivity index (χ0v) is 11.8. The molecule has 1 aromatic carbocycles. The molecule has 1 N–H and O–H groups in total. The highest BCUT2D eigenvalue weighted by Gasteiger charge is 2.35. The molecule has 3 unspecified atom stereocenters. The third-order valence-corrected chi connectivity index (χ3v) is 4.42. The first kappa shape index (κ1) is 12.9. The summed E-state index contributed by atoms with van der Waals surface area (Å²) in [6.07, 6.45) is 2.11. The van der Waals surface area contributed by atoms with Gasteiger partial charge in [0.15, 0.2) is 0 Å². The van der Waals surface area contributed by atoms with E-state index in [1.807, 2.05) is 12.1 Å². The Morgan fingerprint density at radius 1 is 1.37 bits per heavy atom. The monoisotopic (exact) mass is 261 g/mol. The van der Waals surface area contributed by atoms with E-state index in [4.69, 9.17) is 4.74 Å². The van der Waals surface area contributed by atoms with E-state index >= 15 is 0 Å². The first-order valence-electron chi connectivity index (χ1n) is 7.30. The molecule has 0 spiro atoms. The molecule has 1 fully saturated rings. The second kappa shape index (κ2) is 5.14. The van der Waals surface area contributed by atoms with Crippen LogP contribution in [0, 0.1) is 12.8 Å². The first-order valence-corrected chi connectivity index (χ1v) is 7.30. The molecule has 1 aromatic rings. The molecule has 3 nitrogen and oxygen atoms in total. The van der Waals surface area contributed by atoms with Crippen LogP contribution in [0.15, 0.2) is 18.2 Å². The summed E-state index contributed by atoms with van der Waals surface area (Å²) in [6.45, 7) is 7.10. The number of rotatable bonds is 1. The molecule has 0 bridgehead atoms. The number of fused-ring (bicyclic) bond motifs is 1. The molecule has 3 atom stereocenters. The van der Waals surface area contributed by atoms with Crippen molar-refractivity contribution in [1.29, 1.82) is 0 Å². The van der Waals surface area contributed by atoms with Gasteiger partial charge in [0.05, 0.1) is 6.04 Å². The Kier molecular flexibility index (Phi) is 3.50. The largest absolute Gasteiger partial charge is 0.491 e. The average molecular weight is 261 g/mol. The van der Waals surface area contributed by atoms with Crippen molar-refractivity contribution in [2.75, 3.05) is 19.7 Å². The van der Waals surface area contributed by atoms with Crippen LogP contribution in [0.3, 0.4) is 0 Å². The fraction of sp³-hybridized carbons (Fsp3) is 0.625. The summed E-state index contributed by atoms with van der Waals surface area (Å²) in [5, 5.41) is 10.7. The number of aliphatic hydroxyl groups excluding tert-OH is 1. The average Bonchev–Trinajstić information content (AvgIpc) is 2.40. The minimum absolute atomic E-state index is 0.108. The van der Waals surface area contributed by atoms with Gasteiger partial charge in [-0.1, -0.05) is 18.6 Å². The summed E-state index contributed by atoms with van der Waals surface area (Å²) in [7, 11) is 0. The molecule has 3 rings (SSSR count). The molecule has 1 saturated heterocycles. The number of ether oxygens (including phenoxy) is 1. The lowest BCUT2D eigenvalue weighted by atomic mass is 9.93. The number of piperidine rings is 1. The number of nitrogens with zero attached hydrogens (tertiary/aromatic N) is 1. The van der Waals surface area contributed by atoms with Crippen LogP contribution in [0.5, 0.6) is 5.75 Å². The van der Waals surface area contributed by atoms with Crippen molar-refractivity contribution in [2.24, 2.45) is 5.92 Å². The molecule has 0 saturated carbocycles. The third kappa shape index (κ3) is 2.49. The van der Waals surface area contributed by atoms with Gasteiger partial charge in [0.25, 0.3) is 0 Å². The summed E-state index contributed by atoms with van der Waals surface area (Å²) in [5.74, 6) is 1.57. The Labute approximate surface area is 115 Å². The van der Waals surface area contributed by atoms with E-state index < -0.39 is 6.10 Å². The van der Waals surface area contributed by atoms with Crippen LogP contribution in [0.1, 0.15) is 37.0 Å². The molecular formula is C16H23NO2. The standard InChI is InChI=1S/C16H23NO2/c1-11-5-6-15-13(8-11)16(18)14(10-19-15)17-7-3-4-12(2)9-17/h5-6,8,12,14,16,18H,3-4,7,9-10H2,1-2H3. The maximum atomic E-state index is 10.7. The van der Waals surface area contributed by atoms with Crippen LogP contribution in [0.25, 0.3) is 0 Å². The highest BCUT2D eigenvalue weighted by atomic mass is 16.5. The first-order chi connectivity index (χ1) is 9.15. The summed E-state index contributed by atoms with van der Waals surface area (Å²) < 4.78 is 5.85. The van der Waals surface area contributed by atoms with Crippen molar-refractivity contribution >= 4 is 0 Å². The molecule has 3 heteroatoms. The van der Waals surface area contributed by atoms with E-state index in [1.54, 1.807) is 0 Å². The predicted octanol–water partition coefficient (Wildman–Crippen LogP) is 2.52. The molecule has 2 heterocycles. The Morgan fingerprint density at radius 3 is 3.00 bits per heavy atom. The Balaban J connectivity index is 1.82. The van der Waals surface area contributed by atoms with Gasteiger partial charge in [-0.25, -0.2) is 0 Å². The van der Waals surface area contributed by atoms with Crippen LogP contribution in [0.2, 0.25) is 0 Å². The number of hydrogen-bond acceptors (Lipinski definition) is 3. The van der Waals surface area contributed by atoms with Crippen LogP contribution in [0.4, 0.5) is 0 Å². The van der Waals surface area contributed by atoms with Crippen molar-refractivity contribution in [1.82, 2.24) is 4.90 Å². The zero-order chi connectivity index (χ0) is 13.4. The number of likely N-dealkylation sites (tertiary alicyclic amines) is 1. The highest BCUT2D eigenvalue weighted by molar-refractivity contribution is 5.40. The van der Waals surface area contributed by atoms with Crippen LogP contribution >= 0.6 is 0 Å². The molecule has 0 amide bonds. The Bertz CT molecular complexity index is 460. The minimum Gasteiger partial charge on any atom is -0.491 e. The Morgan fingerprint density at radius 2 is 2.21 bits per heavy atom. The van der Waals surface area contributed by atoms with Crippen molar-refractivity contribution in [3.8, 4) is 5.75 Å². The smallest absolute Gasteiger partial charge is 0.125 e. The van der Waals surface area contributed by atoms with E-state index in [-0.39, 0.29) is 6.04 Å². The van der Waals surface area contributed by atoms with E-state index in [0.717, 1.165) is 30.3 Å². The molecule has 2 aliphatic rings. The zero-order valence-electron chi connectivity index (χ0n) is 11.8. The van der Waals surface area contributed by atoms with Gasteiger partial charge in [0, 0.05) is 12.1 Å². The van der Waals surface area contributed by atoms with Crippen molar-refractivity contribution in [2.45, 2.75) is 38.8 Å². The van der Waals surface area contributed by atoms with Crippen LogP contribution in [-0.4, -0.2) is 35.7 Å². The SMILES string of the molecule is Cc1ccc2c(c1)C(O)C(N1CCCC(C)C1)CO2. The molecule has 0 aliphatic carbocycles. The molecule has 104 valence electrons. The van der Waals surface area contributed by atoms with Crippen LogP contribution in [-0.2, 0) is 0 Å². The van der Waals surface area contributed by atoms with E-state index in [0.29, 0.717) is 6.61 Å². The van der Waals surface area contributed by atoms with Gasteiger partial charge in [-0.15, -0.1) is 0 Å². The number of hydrogen-bond donors (Lipinski definition) is 1. The maximum Gasteiger partial charge on any atom is 0.125 e. The van der Waals surface area contributed by atoms with Gasteiger partial charge in [-0.2, -0.15) is 0 Å². The quantitative estimate of drug-likeness (QED) is 0.843. The minimum atomic E-state index is -0.422. The normalized spacial score (nSPS) is 31.6. The highest BCUT2D eigenvalue weighted by Crippen LogP contribution is 2.36. The van der Waals surface area contributed by atoms with Gasteiger partial charge < -0.3 is 9.84 Å². The molecule has 2 aliphatic heterocycles. The molecule has 19 heavy (non-hydrogen) atoms. The Hall–Kier alpha value is -1.06. The van der Waals surface area contributed by atoms with Gasteiger partial charge in [-0.3, -0.25) is 4.90 Å². The van der Waals surface area contributed by atoms with Gasteiger partial charge in [-0.05, 0) is 44.4 Å². The van der Waals surface area contributed by atoms with Crippen molar-refractivity contribution in [3.05, 3.63) is 29.3 Å². The number of aryl methyl sites for hydroxylation is 1. The van der Waals surface area contributed by atoms with Gasteiger partial charge in [0.2, 0.25) is 0 Å². The maximum absolute atomic E-state index is 10.7. The lowest BCUT2D eigenvalue weighted by Crippen LogP contribution is -2.49. The summed E-state index contributed by atoms with van der Waals surface area (Å²) >= 11 is 0. The third-order valence-electron chi connectivity index (χ3n) is 4.42. The summed E-state index contributed by atoms with van der Waals surface area (Å²) in [6, 6.07) is 6.18. The van der Waals surface area contributed by atoms with E-state index in [1.165, 1.54) is 18.4 Å². The lowest BCUT2D eigenvalue weighted by Gasteiger charge is -2.41. The van der Waals surface area contributed by atoms with Crippen molar-refractivity contribution < 1.29 is 9.84 Å². The summed E-state index contributed by atoms with van der Waals surface area (Å²) in [4.78, 5) is 2.41. The van der Waals surface area contributed by atoms with Gasteiger partial charge in [0.1, 0.15) is 18.5 Å². The number of aliphatic hydroxyl groups is 1. The van der Waals surface area contributed by atoms with Crippen LogP contribution < -0.4 is 4.74 Å². The molecule has 0 aromatic heterocycles. The summed E-state index contributed by atoms with van der Waals surface area (Å²) in [5.41, 5.74) is 2.13. The fourth-order valence-corrected chi connectivity index (χ4v) is 3.34. The topological polar surface area (TPSA) is 32.7 Å². The van der Waals surface area contributed by atoms with E-state index in [9.17, 15) is 5.11 Å². The second-order valence-electron chi connectivity index (χ2n) is 6.11. The van der Waals surface area contributed by atoms with Crippen molar-refractivity contribution in [3.63, 3.8) is 0 Å². The predicted molar refractivity (Wildman–Crippen MR) is 75.4 cm³/mol. The number of benzene rings is 1. The van der Waals surface area contributed by atoms with E-state index in [2.05, 4.69) is 24.8 Å². The molecular weight excluding hydrogens is 238 g/mol. The second-order valence-corrected chi connectivity index (χ2v) is 6.11. The fourth-order valence-electron chi connectivity index (χ4n) is 3.34. The lowest BCUT2D eigenvalue weighted by molar-refractivity contribution is -0.0127. The van der Waals surface area contributed by atoms with Gasteiger partial charge >= 0.3 is 0 Å². The molecule has 0 radical (unpaired) electrons.